The molecule has 5 aromatic rings. The van der Waals surface area contributed by atoms with Gasteiger partial charge in [0.2, 0.25) is 0 Å². The van der Waals surface area contributed by atoms with Crippen LogP contribution in [0.25, 0.3) is 10.8 Å². The van der Waals surface area contributed by atoms with E-state index in [0.717, 1.165) is 22.8 Å². The Morgan fingerprint density at radius 2 is 1.44 bits per heavy atom. The van der Waals surface area contributed by atoms with E-state index in [1.165, 1.54) is 0 Å². The highest BCUT2D eigenvalue weighted by Crippen LogP contribution is 2.22. The van der Waals surface area contributed by atoms with Gasteiger partial charge >= 0.3 is 5.97 Å². The fourth-order valence-electron chi connectivity index (χ4n) is 5.26. The Labute approximate surface area is 263 Å². The summed E-state index contributed by atoms with van der Waals surface area (Å²) in [5.41, 5.74) is 2.86. The van der Waals surface area contributed by atoms with Crippen molar-refractivity contribution in [3.8, 4) is 5.75 Å². The highest BCUT2D eigenvalue weighted by Gasteiger charge is 2.21. The molecule has 5 aromatic carbocycles. The molecular weight excluding hydrogens is 564 g/mol. The van der Waals surface area contributed by atoms with Crippen LogP contribution in [0.5, 0.6) is 5.75 Å². The number of nitrogens with one attached hydrogen (secondary N) is 1. The van der Waals surface area contributed by atoms with Gasteiger partial charge in [0.25, 0.3) is 5.91 Å². The van der Waals surface area contributed by atoms with Gasteiger partial charge in [0.1, 0.15) is 18.4 Å². The molecule has 0 aliphatic carbocycles. The van der Waals surface area contributed by atoms with E-state index < -0.39 is 12.0 Å². The Hall–Kier alpha value is -5.43. The number of nitrogens with zero attached hydrogens (tertiary/aromatic N) is 1. The molecule has 0 aromatic heterocycles. The summed E-state index contributed by atoms with van der Waals surface area (Å²) >= 11 is 0. The molecule has 7 nitrogen and oxygen atoms in total. The van der Waals surface area contributed by atoms with Gasteiger partial charge in [0, 0.05) is 35.3 Å². The summed E-state index contributed by atoms with van der Waals surface area (Å²) in [5.74, 6) is -0.599. The first-order valence-electron chi connectivity index (χ1n) is 15.1. The van der Waals surface area contributed by atoms with Gasteiger partial charge in [0.15, 0.2) is 5.78 Å². The molecular formula is C38H36N2O5. The second kappa shape index (κ2) is 14.8. The lowest BCUT2D eigenvalue weighted by atomic mass is 10.00. The third-order valence-electron chi connectivity index (χ3n) is 7.61. The lowest BCUT2D eigenvalue weighted by Gasteiger charge is -2.22. The number of anilines is 1. The second-order valence-electron chi connectivity index (χ2n) is 10.8. The predicted octanol–water partition coefficient (Wildman–Crippen LogP) is 7.11. The summed E-state index contributed by atoms with van der Waals surface area (Å²) in [6, 6.07) is 35.9. The Morgan fingerprint density at radius 1 is 0.756 bits per heavy atom. The van der Waals surface area contributed by atoms with Crippen LogP contribution in [0.4, 0.5) is 5.69 Å². The van der Waals surface area contributed by atoms with E-state index in [2.05, 4.69) is 5.32 Å². The molecule has 228 valence electrons. The number of para-hydroxylation sites is 1. The minimum atomic E-state index is -1.02. The van der Waals surface area contributed by atoms with E-state index >= 15 is 0 Å². The molecule has 0 saturated heterocycles. The van der Waals surface area contributed by atoms with Crippen LogP contribution < -0.4 is 10.1 Å². The highest BCUT2D eigenvalue weighted by atomic mass is 16.5. The summed E-state index contributed by atoms with van der Waals surface area (Å²) in [4.78, 5) is 40.4. The SMILES string of the molecule is CCCN(CCOc1ccc(CC(Nc2ccccc2C(=O)c2ccccc2)C(=O)O)cc1)C(=O)c1ccc2ccccc2c1. The minimum Gasteiger partial charge on any atom is -0.492 e. The number of carboxylic acids is 1. The topological polar surface area (TPSA) is 95.9 Å². The van der Waals surface area contributed by atoms with Crippen LogP contribution in [0.1, 0.15) is 45.2 Å². The molecule has 1 atom stereocenters. The minimum absolute atomic E-state index is 0.0270. The number of carboxylic acid groups (broad SMARTS) is 1. The molecule has 0 spiro atoms. The number of aliphatic carboxylic acids is 1. The Balaban J connectivity index is 1.19. The van der Waals surface area contributed by atoms with Gasteiger partial charge in [-0.05, 0) is 59.2 Å². The Kier molecular flexibility index (Phi) is 10.2. The molecule has 0 radical (unpaired) electrons. The number of ketones is 1. The third-order valence-corrected chi connectivity index (χ3v) is 7.61. The molecule has 0 saturated carbocycles. The maximum atomic E-state index is 13.3. The molecule has 45 heavy (non-hydrogen) atoms. The van der Waals surface area contributed by atoms with Crippen molar-refractivity contribution in [3.63, 3.8) is 0 Å². The number of carbonyl (C=O) groups excluding carboxylic acids is 2. The highest BCUT2D eigenvalue weighted by molar-refractivity contribution is 6.12. The van der Waals surface area contributed by atoms with E-state index in [0.29, 0.717) is 47.8 Å². The lowest BCUT2D eigenvalue weighted by Crippen LogP contribution is -2.35. The van der Waals surface area contributed by atoms with Crippen molar-refractivity contribution in [3.05, 3.63) is 144 Å². The number of rotatable bonds is 14. The van der Waals surface area contributed by atoms with Crippen LogP contribution in [-0.4, -0.2) is 53.4 Å². The van der Waals surface area contributed by atoms with Crippen molar-refractivity contribution in [2.75, 3.05) is 25.0 Å². The number of fused-ring (bicyclic) bond motifs is 1. The molecule has 0 heterocycles. The van der Waals surface area contributed by atoms with Crippen LogP contribution in [-0.2, 0) is 11.2 Å². The van der Waals surface area contributed by atoms with Gasteiger partial charge in [-0.3, -0.25) is 9.59 Å². The first kappa shape index (κ1) is 31.0. The van der Waals surface area contributed by atoms with Gasteiger partial charge in [-0.1, -0.05) is 91.9 Å². The van der Waals surface area contributed by atoms with Crippen molar-refractivity contribution in [2.24, 2.45) is 0 Å². The average molecular weight is 601 g/mol. The summed E-state index contributed by atoms with van der Waals surface area (Å²) in [5, 5.41) is 15.2. The quantitative estimate of drug-likeness (QED) is 0.132. The first-order chi connectivity index (χ1) is 21.9. The summed E-state index contributed by atoms with van der Waals surface area (Å²) in [6.07, 6.45) is 1.03. The molecule has 1 unspecified atom stereocenters. The zero-order valence-corrected chi connectivity index (χ0v) is 25.2. The van der Waals surface area contributed by atoms with Gasteiger partial charge in [0.05, 0.1) is 6.54 Å². The van der Waals surface area contributed by atoms with E-state index in [4.69, 9.17) is 4.74 Å². The number of carbonyl (C=O) groups is 3. The van der Waals surface area contributed by atoms with Crippen LogP contribution in [0, 0.1) is 0 Å². The van der Waals surface area contributed by atoms with Crippen molar-refractivity contribution >= 4 is 34.1 Å². The number of hydrogen-bond donors (Lipinski definition) is 2. The summed E-state index contributed by atoms with van der Waals surface area (Å²) in [7, 11) is 0. The molecule has 0 bridgehead atoms. The van der Waals surface area contributed by atoms with Gasteiger partial charge in [-0.15, -0.1) is 0 Å². The molecule has 7 heteroatoms. The van der Waals surface area contributed by atoms with Crippen LogP contribution in [0.15, 0.2) is 121 Å². The number of amides is 1. The first-order valence-corrected chi connectivity index (χ1v) is 15.1. The number of hydrogen-bond acceptors (Lipinski definition) is 5. The maximum Gasteiger partial charge on any atom is 0.326 e. The van der Waals surface area contributed by atoms with E-state index in [9.17, 15) is 19.5 Å². The lowest BCUT2D eigenvalue weighted by molar-refractivity contribution is -0.137. The molecule has 2 N–H and O–H groups in total. The zero-order chi connectivity index (χ0) is 31.6. The standard InChI is InChI=1S/C38H36N2O5/c1-2-22-40(37(42)31-19-18-28-10-6-7-13-30(28)26-31)23-24-45-32-20-16-27(17-21-32)25-35(38(43)44)39-34-15-9-8-14-33(34)36(41)29-11-4-3-5-12-29/h3-21,26,35,39H,2,22-25H2,1H3,(H,43,44). The van der Waals surface area contributed by atoms with E-state index in [-0.39, 0.29) is 18.1 Å². The Bertz CT molecular complexity index is 1770. The largest absolute Gasteiger partial charge is 0.492 e. The molecule has 5 rings (SSSR count). The monoisotopic (exact) mass is 600 g/mol. The smallest absolute Gasteiger partial charge is 0.326 e. The van der Waals surface area contributed by atoms with E-state index in [1.54, 1.807) is 60.7 Å². The van der Waals surface area contributed by atoms with E-state index in [1.807, 2.05) is 72.5 Å². The van der Waals surface area contributed by atoms with Crippen LogP contribution in [0.2, 0.25) is 0 Å². The summed E-state index contributed by atoms with van der Waals surface area (Å²) < 4.78 is 5.96. The molecule has 0 aliphatic rings. The van der Waals surface area contributed by atoms with Crippen molar-refractivity contribution in [1.29, 1.82) is 0 Å². The van der Waals surface area contributed by atoms with Crippen molar-refractivity contribution in [1.82, 2.24) is 4.90 Å². The van der Waals surface area contributed by atoms with Crippen LogP contribution in [0.3, 0.4) is 0 Å². The fraction of sp³-hybridized carbons (Fsp3) is 0.184. The summed E-state index contributed by atoms with van der Waals surface area (Å²) in [6.45, 7) is 3.43. The molecule has 1 amide bonds. The van der Waals surface area contributed by atoms with Gasteiger partial charge in [-0.2, -0.15) is 0 Å². The van der Waals surface area contributed by atoms with Crippen molar-refractivity contribution < 1.29 is 24.2 Å². The molecule has 0 fully saturated rings. The predicted molar refractivity (Wildman–Crippen MR) is 177 cm³/mol. The van der Waals surface area contributed by atoms with Crippen LogP contribution >= 0.6 is 0 Å². The maximum absolute atomic E-state index is 13.3. The van der Waals surface area contributed by atoms with Crippen molar-refractivity contribution in [2.45, 2.75) is 25.8 Å². The average Bonchev–Trinajstić information content (AvgIpc) is 3.08. The Morgan fingerprint density at radius 3 is 2.18 bits per heavy atom. The van der Waals surface area contributed by atoms with Gasteiger partial charge < -0.3 is 20.1 Å². The number of ether oxygens (including phenoxy) is 1. The zero-order valence-electron chi connectivity index (χ0n) is 25.2. The molecule has 0 aliphatic heterocycles. The normalized spacial score (nSPS) is 11.5. The fourth-order valence-corrected chi connectivity index (χ4v) is 5.26. The third kappa shape index (κ3) is 7.95. The second-order valence-corrected chi connectivity index (χ2v) is 10.8. The number of benzene rings is 5. The van der Waals surface area contributed by atoms with Gasteiger partial charge in [-0.25, -0.2) is 4.79 Å².